The van der Waals surface area contributed by atoms with Crippen molar-refractivity contribution in [1.29, 1.82) is 5.26 Å². The lowest BCUT2D eigenvalue weighted by Crippen LogP contribution is -2.36. The molecule has 0 saturated heterocycles. The minimum Gasteiger partial charge on any atom is -0.450 e. The van der Waals surface area contributed by atoms with E-state index in [9.17, 15) is 10.1 Å². The van der Waals surface area contributed by atoms with Crippen LogP contribution >= 0.6 is 0 Å². The minimum absolute atomic E-state index is 0.000764. The lowest BCUT2D eigenvalue weighted by molar-refractivity contribution is 0.148. The molecule has 0 radical (unpaired) electrons. The molecule has 0 bridgehead atoms. The van der Waals surface area contributed by atoms with E-state index in [1.165, 1.54) is 11.3 Å². The van der Waals surface area contributed by atoms with Crippen LogP contribution in [-0.2, 0) is 24.1 Å². The third-order valence-electron chi connectivity index (χ3n) is 4.95. The molecule has 2 aromatic heterocycles. The summed E-state index contributed by atoms with van der Waals surface area (Å²) in [5, 5.41) is 13.3. The third-order valence-corrected chi connectivity index (χ3v) is 4.95. The highest BCUT2D eigenvalue weighted by molar-refractivity contribution is 5.88. The van der Waals surface area contributed by atoms with Gasteiger partial charge in [0.25, 0.3) is 0 Å². The van der Waals surface area contributed by atoms with Crippen LogP contribution in [0.3, 0.4) is 0 Å². The molecule has 0 fully saturated rings. The molecule has 6 nitrogen and oxygen atoms in total. The zero-order chi connectivity index (χ0) is 18.8. The van der Waals surface area contributed by atoms with Gasteiger partial charge in [-0.2, -0.15) is 5.26 Å². The molecule has 0 saturated carbocycles. The van der Waals surface area contributed by atoms with Crippen molar-refractivity contribution in [3.8, 4) is 6.07 Å². The van der Waals surface area contributed by atoms with Crippen LogP contribution in [0.4, 0.5) is 4.79 Å². The number of pyridine rings is 1. The van der Waals surface area contributed by atoms with Crippen LogP contribution < -0.4 is 5.32 Å². The standard InChI is InChI=1S/C21H20N4O2/c1-2-27-21(26)24-16-10-18-17-9-14(12-22)6-7-19(17)25(20(18)11-16)13-15-5-3-4-8-23-15/h3-9,16H,2,10-11,13H2,1H3,(H,24,26). The summed E-state index contributed by atoms with van der Waals surface area (Å²) in [4.78, 5) is 16.3. The predicted molar refractivity (Wildman–Crippen MR) is 101 cm³/mol. The molecule has 27 heavy (non-hydrogen) atoms. The number of carbonyl (C=O) groups excluding carboxylic acids is 1. The Hall–Kier alpha value is -3.33. The van der Waals surface area contributed by atoms with Gasteiger partial charge < -0.3 is 14.6 Å². The van der Waals surface area contributed by atoms with Gasteiger partial charge in [-0.15, -0.1) is 0 Å². The third kappa shape index (κ3) is 3.24. The number of carbonyl (C=O) groups is 1. The van der Waals surface area contributed by atoms with Crippen molar-refractivity contribution < 1.29 is 9.53 Å². The summed E-state index contributed by atoms with van der Waals surface area (Å²) in [6.07, 6.45) is 2.87. The highest BCUT2D eigenvalue weighted by Gasteiger charge is 2.30. The number of nitrogens with one attached hydrogen (secondary N) is 1. The Labute approximate surface area is 157 Å². The van der Waals surface area contributed by atoms with E-state index in [0.29, 0.717) is 18.7 Å². The van der Waals surface area contributed by atoms with Crippen LogP contribution in [-0.4, -0.2) is 28.3 Å². The number of hydrogen-bond acceptors (Lipinski definition) is 4. The summed E-state index contributed by atoms with van der Waals surface area (Å²) in [5.41, 5.74) is 5.09. The molecule has 1 aliphatic carbocycles. The van der Waals surface area contributed by atoms with Gasteiger partial charge in [0.1, 0.15) is 0 Å². The van der Waals surface area contributed by atoms with E-state index < -0.39 is 0 Å². The SMILES string of the molecule is CCOC(=O)NC1Cc2c(n(Cc3ccccn3)c3ccc(C#N)cc23)C1. The first kappa shape index (κ1) is 17.1. The fourth-order valence-corrected chi connectivity index (χ4v) is 3.84. The van der Waals surface area contributed by atoms with Crippen LogP contribution in [0.1, 0.15) is 29.4 Å². The smallest absolute Gasteiger partial charge is 0.407 e. The lowest BCUT2D eigenvalue weighted by Gasteiger charge is -2.14. The van der Waals surface area contributed by atoms with E-state index in [1.54, 1.807) is 13.1 Å². The maximum Gasteiger partial charge on any atom is 0.407 e. The van der Waals surface area contributed by atoms with Crippen LogP contribution in [0, 0.1) is 11.3 Å². The van der Waals surface area contributed by atoms with Gasteiger partial charge in [0.05, 0.1) is 30.5 Å². The monoisotopic (exact) mass is 360 g/mol. The summed E-state index contributed by atoms with van der Waals surface area (Å²) in [6.45, 7) is 2.80. The number of aromatic nitrogens is 2. The zero-order valence-electron chi connectivity index (χ0n) is 15.1. The van der Waals surface area contributed by atoms with Crippen molar-refractivity contribution >= 4 is 17.0 Å². The number of fused-ring (bicyclic) bond motifs is 3. The zero-order valence-corrected chi connectivity index (χ0v) is 15.1. The first-order valence-electron chi connectivity index (χ1n) is 9.07. The van der Waals surface area contributed by atoms with Crippen LogP contribution in [0.25, 0.3) is 10.9 Å². The largest absolute Gasteiger partial charge is 0.450 e. The van der Waals surface area contributed by atoms with Gasteiger partial charge in [-0.1, -0.05) is 6.07 Å². The van der Waals surface area contributed by atoms with Gasteiger partial charge >= 0.3 is 6.09 Å². The first-order valence-corrected chi connectivity index (χ1v) is 9.07. The highest BCUT2D eigenvalue weighted by Crippen LogP contribution is 2.34. The molecule has 1 aromatic carbocycles. The second-order valence-electron chi connectivity index (χ2n) is 6.65. The van der Waals surface area contributed by atoms with Crippen molar-refractivity contribution in [2.24, 2.45) is 0 Å². The van der Waals surface area contributed by atoms with E-state index in [1.807, 2.05) is 36.4 Å². The fourth-order valence-electron chi connectivity index (χ4n) is 3.84. The number of amides is 1. The average molecular weight is 360 g/mol. The van der Waals surface area contributed by atoms with E-state index in [0.717, 1.165) is 29.4 Å². The molecule has 1 atom stereocenters. The number of ether oxygens (including phenoxy) is 1. The molecule has 1 N–H and O–H groups in total. The Kier molecular flexibility index (Phi) is 4.51. The number of hydrogen-bond donors (Lipinski definition) is 1. The van der Waals surface area contributed by atoms with Crippen molar-refractivity contribution in [3.63, 3.8) is 0 Å². The summed E-state index contributed by atoms with van der Waals surface area (Å²) in [6, 6.07) is 13.9. The van der Waals surface area contributed by atoms with Crippen LogP contribution in [0.5, 0.6) is 0 Å². The van der Waals surface area contributed by atoms with Crippen molar-refractivity contribution in [1.82, 2.24) is 14.9 Å². The fraction of sp³-hybridized carbons (Fsp3) is 0.286. The molecule has 1 unspecified atom stereocenters. The van der Waals surface area contributed by atoms with Gasteiger partial charge in [-0.3, -0.25) is 4.98 Å². The van der Waals surface area contributed by atoms with Crippen molar-refractivity contribution in [2.75, 3.05) is 6.61 Å². The maximum atomic E-state index is 11.8. The molecule has 136 valence electrons. The molecule has 3 aromatic rings. The van der Waals surface area contributed by atoms with Gasteiger partial charge in [-0.25, -0.2) is 4.79 Å². The van der Waals surface area contributed by atoms with E-state index >= 15 is 0 Å². The van der Waals surface area contributed by atoms with Gasteiger partial charge in [0, 0.05) is 35.3 Å². The molecule has 0 aliphatic heterocycles. The maximum absolute atomic E-state index is 11.8. The lowest BCUT2D eigenvalue weighted by atomic mass is 10.1. The van der Waals surface area contributed by atoms with Crippen LogP contribution in [0.15, 0.2) is 42.6 Å². The Morgan fingerprint density at radius 3 is 3.00 bits per heavy atom. The highest BCUT2D eigenvalue weighted by atomic mass is 16.5. The van der Waals surface area contributed by atoms with Crippen molar-refractivity contribution in [3.05, 3.63) is 65.1 Å². The second-order valence-corrected chi connectivity index (χ2v) is 6.65. The first-order chi connectivity index (χ1) is 13.2. The number of benzene rings is 1. The van der Waals surface area contributed by atoms with Crippen molar-refractivity contribution in [2.45, 2.75) is 32.4 Å². The molecule has 6 heteroatoms. The molecule has 1 amide bonds. The Bertz CT molecular complexity index is 1030. The molecular formula is C21H20N4O2. The molecular weight excluding hydrogens is 340 g/mol. The number of alkyl carbamates (subject to hydrolysis) is 1. The van der Waals surface area contributed by atoms with E-state index in [4.69, 9.17) is 4.74 Å². The summed E-state index contributed by atoms with van der Waals surface area (Å²) >= 11 is 0. The van der Waals surface area contributed by atoms with Gasteiger partial charge in [-0.05, 0) is 49.2 Å². The summed E-state index contributed by atoms with van der Waals surface area (Å²) < 4.78 is 7.27. The molecule has 4 rings (SSSR count). The Morgan fingerprint density at radius 2 is 2.26 bits per heavy atom. The van der Waals surface area contributed by atoms with Gasteiger partial charge in [0.2, 0.25) is 0 Å². The predicted octanol–water partition coefficient (Wildman–Crippen LogP) is 3.17. The normalized spacial score (nSPS) is 15.3. The Morgan fingerprint density at radius 1 is 1.37 bits per heavy atom. The second kappa shape index (κ2) is 7.12. The minimum atomic E-state index is -0.383. The quantitative estimate of drug-likeness (QED) is 0.775. The topological polar surface area (TPSA) is 79.9 Å². The summed E-state index contributed by atoms with van der Waals surface area (Å²) in [7, 11) is 0. The van der Waals surface area contributed by atoms with E-state index in [-0.39, 0.29) is 12.1 Å². The molecule has 0 spiro atoms. The molecule has 2 heterocycles. The van der Waals surface area contributed by atoms with Gasteiger partial charge in [0.15, 0.2) is 0 Å². The number of nitrogens with zero attached hydrogens (tertiary/aromatic N) is 3. The summed E-state index contributed by atoms with van der Waals surface area (Å²) in [5.74, 6) is 0. The van der Waals surface area contributed by atoms with E-state index in [2.05, 4.69) is 20.9 Å². The average Bonchev–Trinajstić information content (AvgIpc) is 3.20. The molecule has 1 aliphatic rings. The Balaban J connectivity index is 1.73. The number of nitriles is 1. The van der Waals surface area contributed by atoms with Crippen LogP contribution in [0.2, 0.25) is 0 Å². The number of rotatable bonds is 4.